The van der Waals surface area contributed by atoms with Crippen LogP contribution in [0.15, 0.2) is 24.3 Å². The van der Waals surface area contributed by atoms with Crippen molar-refractivity contribution in [2.24, 2.45) is 0 Å². The summed E-state index contributed by atoms with van der Waals surface area (Å²) in [6.45, 7) is 1.95. The standard InChI is InChI=1S/C14H17NO/c1-3-14(8-10-15-11-9-14)12-6-4-5-7-13(12)16-2/h1,4-7,15H,8-11H2,2H3. The average molecular weight is 215 g/mol. The van der Waals surface area contributed by atoms with Crippen LogP contribution in [0, 0.1) is 12.3 Å². The van der Waals surface area contributed by atoms with Crippen molar-refractivity contribution in [2.45, 2.75) is 18.3 Å². The minimum absolute atomic E-state index is 0.155. The van der Waals surface area contributed by atoms with E-state index in [-0.39, 0.29) is 5.41 Å². The Hall–Kier alpha value is -1.46. The fraction of sp³-hybridized carbons (Fsp3) is 0.429. The highest BCUT2D eigenvalue weighted by Crippen LogP contribution is 2.37. The maximum absolute atomic E-state index is 5.76. The maximum Gasteiger partial charge on any atom is 0.123 e. The third kappa shape index (κ3) is 1.79. The molecule has 16 heavy (non-hydrogen) atoms. The van der Waals surface area contributed by atoms with Gasteiger partial charge in [-0.3, -0.25) is 0 Å². The normalized spacial score (nSPS) is 18.8. The number of rotatable bonds is 2. The SMILES string of the molecule is C#CC1(c2ccccc2OC)CCNCC1. The van der Waals surface area contributed by atoms with Crippen LogP contribution in [0.1, 0.15) is 18.4 Å². The molecule has 0 radical (unpaired) electrons. The molecule has 1 aliphatic rings. The lowest BCUT2D eigenvalue weighted by Gasteiger charge is -2.34. The van der Waals surface area contributed by atoms with E-state index in [0.29, 0.717) is 0 Å². The predicted octanol–water partition coefficient (Wildman–Crippen LogP) is 1.95. The van der Waals surface area contributed by atoms with Gasteiger partial charge in [-0.2, -0.15) is 0 Å². The van der Waals surface area contributed by atoms with Crippen LogP contribution in [0.3, 0.4) is 0 Å². The molecule has 84 valence electrons. The van der Waals surface area contributed by atoms with Crippen LogP contribution in [-0.2, 0) is 5.41 Å². The Labute approximate surface area is 97.0 Å². The molecule has 2 nitrogen and oxygen atoms in total. The molecular weight excluding hydrogens is 198 g/mol. The smallest absolute Gasteiger partial charge is 0.123 e. The van der Waals surface area contributed by atoms with Crippen LogP contribution in [0.4, 0.5) is 0 Å². The fourth-order valence-electron chi connectivity index (χ4n) is 2.38. The number of hydrogen-bond donors (Lipinski definition) is 1. The third-order valence-electron chi connectivity index (χ3n) is 3.36. The van der Waals surface area contributed by atoms with Gasteiger partial charge in [-0.1, -0.05) is 24.1 Å². The number of nitrogens with one attached hydrogen (secondary N) is 1. The molecule has 0 saturated carbocycles. The molecule has 1 N–H and O–H groups in total. The molecule has 0 amide bonds. The summed E-state index contributed by atoms with van der Waals surface area (Å²) in [6, 6.07) is 8.08. The lowest BCUT2D eigenvalue weighted by Crippen LogP contribution is -2.39. The molecule has 1 aromatic rings. The average Bonchev–Trinajstić information content (AvgIpc) is 2.39. The molecule has 0 spiro atoms. The van der Waals surface area contributed by atoms with Crippen LogP contribution in [-0.4, -0.2) is 20.2 Å². The first-order valence-corrected chi connectivity index (χ1v) is 5.64. The third-order valence-corrected chi connectivity index (χ3v) is 3.36. The second-order valence-electron chi connectivity index (χ2n) is 4.18. The molecule has 1 aromatic carbocycles. The van der Waals surface area contributed by atoms with Gasteiger partial charge in [0.05, 0.1) is 12.5 Å². The summed E-state index contributed by atoms with van der Waals surface area (Å²) >= 11 is 0. The number of terminal acetylenes is 1. The minimum atomic E-state index is -0.155. The molecule has 2 heteroatoms. The van der Waals surface area contributed by atoms with Crippen molar-refractivity contribution in [2.75, 3.05) is 20.2 Å². The van der Waals surface area contributed by atoms with Gasteiger partial charge in [0.15, 0.2) is 0 Å². The second-order valence-corrected chi connectivity index (χ2v) is 4.18. The molecule has 0 atom stereocenters. The predicted molar refractivity (Wildman–Crippen MR) is 65.6 cm³/mol. The molecule has 1 saturated heterocycles. The van der Waals surface area contributed by atoms with Gasteiger partial charge in [-0.05, 0) is 32.0 Å². The zero-order valence-corrected chi connectivity index (χ0v) is 9.62. The Bertz CT molecular complexity index is 399. The number of piperidine rings is 1. The van der Waals surface area contributed by atoms with E-state index in [1.54, 1.807) is 7.11 Å². The first-order chi connectivity index (χ1) is 7.82. The van der Waals surface area contributed by atoms with Crippen molar-refractivity contribution in [3.05, 3.63) is 29.8 Å². The summed E-state index contributed by atoms with van der Waals surface area (Å²) in [4.78, 5) is 0. The first-order valence-electron chi connectivity index (χ1n) is 5.64. The Morgan fingerprint density at radius 3 is 2.62 bits per heavy atom. The van der Waals surface area contributed by atoms with E-state index in [9.17, 15) is 0 Å². The van der Waals surface area contributed by atoms with E-state index in [1.807, 2.05) is 18.2 Å². The number of benzene rings is 1. The van der Waals surface area contributed by atoms with Gasteiger partial charge in [0, 0.05) is 5.56 Å². The van der Waals surface area contributed by atoms with Crippen molar-refractivity contribution in [1.82, 2.24) is 5.32 Å². The van der Waals surface area contributed by atoms with Crippen LogP contribution in [0.25, 0.3) is 0 Å². The van der Waals surface area contributed by atoms with Crippen LogP contribution in [0.5, 0.6) is 5.75 Å². The summed E-state index contributed by atoms with van der Waals surface area (Å²) in [7, 11) is 1.70. The van der Waals surface area contributed by atoms with Crippen LogP contribution in [0.2, 0.25) is 0 Å². The number of methoxy groups -OCH3 is 1. The van der Waals surface area contributed by atoms with Crippen molar-refractivity contribution in [3.63, 3.8) is 0 Å². The molecule has 1 aliphatic heterocycles. The van der Waals surface area contributed by atoms with Crippen molar-refractivity contribution >= 4 is 0 Å². The van der Waals surface area contributed by atoms with E-state index < -0.39 is 0 Å². The maximum atomic E-state index is 5.76. The summed E-state index contributed by atoms with van der Waals surface area (Å²) < 4.78 is 5.41. The summed E-state index contributed by atoms with van der Waals surface area (Å²) in [6.07, 6.45) is 7.71. The Balaban J connectivity index is 2.43. The molecule has 1 fully saturated rings. The molecule has 0 unspecified atom stereocenters. The first kappa shape index (κ1) is 11.0. The molecular formula is C14H17NO. The van der Waals surface area contributed by atoms with E-state index in [1.165, 1.54) is 0 Å². The van der Waals surface area contributed by atoms with Gasteiger partial charge in [0.2, 0.25) is 0 Å². The lowest BCUT2D eigenvalue weighted by molar-refractivity contribution is 0.356. The second kappa shape index (κ2) is 4.59. The van der Waals surface area contributed by atoms with E-state index in [2.05, 4.69) is 17.3 Å². The van der Waals surface area contributed by atoms with Gasteiger partial charge in [-0.25, -0.2) is 0 Å². The highest BCUT2D eigenvalue weighted by atomic mass is 16.5. The van der Waals surface area contributed by atoms with Crippen molar-refractivity contribution in [1.29, 1.82) is 0 Å². The molecule has 0 aliphatic carbocycles. The summed E-state index contributed by atoms with van der Waals surface area (Å²) in [5, 5.41) is 3.34. The zero-order chi connectivity index (χ0) is 11.4. The topological polar surface area (TPSA) is 21.3 Å². The Morgan fingerprint density at radius 1 is 1.31 bits per heavy atom. The van der Waals surface area contributed by atoms with Crippen molar-refractivity contribution < 1.29 is 4.74 Å². The monoisotopic (exact) mass is 215 g/mol. The number of para-hydroxylation sites is 1. The Kier molecular flexibility index (Phi) is 3.17. The molecule has 2 rings (SSSR count). The molecule has 0 bridgehead atoms. The van der Waals surface area contributed by atoms with E-state index in [4.69, 9.17) is 11.2 Å². The highest BCUT2D eigenvalue weighted by Gasteiger charge is 2.34. The summed E-state index contributed by atoms with van der Waals surface area (Å²) in [5.74, 6) is 3.89. The summed E-state index contributed by atoms with van der Waals surface area (Å²) in [5.41, 5.74) is 0.999. The van der Waals surface area contributed by atoms with Crippen LogP contribution >= 0.6 is 0 Å². The van der Waals surface area contributed by atoms with Gasteiger partial charge in [-0.15, -0.1) is 6.42 Å². The van der Waals surface area contributed by atoms with Gasteiger partial charge in [0.25, 0.3) is 0 Å². The largest absolute Gasteiger partial charge is 0.496 e. The van der Waals surface area contributed by atoms with E-state index >= 15 is 0 Å². The van der Waals surface area contributed by atoms with Crippen LogP contribution < -0.4 is 10.1 Å². The quantitative estimate of drug-likeness (QED) is 0.761. The highest BCUT2D eigenvalue weighted by molar-refractivity contribution is 5.45. The zero-order valence-electron chi connectivity index (χ0n) is 9.62. The Morgan fingerprint density at radius 2 is 2.00 bits per heavy atom. The lowest BCUT2D eigenvalue weighted by atomic mass is 9.73. The molecule has 0 aromatic heterocycles. The number of ether oxygens (including phenoxy) is 1. The minimum Gasteiger partial charge on any atom is -0.496 e. The van der Waals surface area contributed by atoms with Gasteiger partial charge < -0.3 is 10.1 Å². The molecule has 1 heterocycles. The number of hydrogen-bond acceptors (Lipinski definition) is 2. The van der Waals surface area contributed by atoms with E-state index in [0.717, 1.165) is 37.2 Å². The fourth-order valence-corrected chi connectivity index (χ4v) is 2.38. The van der Waals surface area contributed by atoms with Crippen molar-refractivity contribution in [3.8, 4) is 18.1 Å². The van der Waals surface area contributed by atoms with Gasteiger partial charge >= 0.3 is 0 Å². The van der Waals surface area contributed by atoms with Gasteiger partial charge in [0.1, 0.15) is 5.75 Å².